The van der Waals surface area contributed by atoms with Crippen molar-refractivity contribution in [2.45, 2.75) is 104 Å². The van der Waals surface area contributed by atoms with E-state index in [2.05, 4.69) is 102 Å². The van der Waals surface area contributed by atoms with E-state index in [-0.39, 0.29) is 0 Å². The summed E-state index contributed by atoms with van der Waals surface area (Å²) in [6.45, 7) is 6.67. The van der Waals surface area contributed by atoms with Gasteiger partial charge in [-0.3, -0.25) is 0 Å². The summed E-state index contributed by atoms with van der Waals surface area (Å²) in [6.07, 6.45) is 22.6. The number of benzene rings is 3. The Morgan fingerprint density at radius 2 is 1.12 bits per heavy atom. The molecule has 5 aromatic rings. The molecule has 2 aliphatic heterocycles. The van der Waals surface area contributed by atoms with Crippen molar-refractivity contribution in [2.24, 2.45) is 0 Å². The van der Waals surface area contributed by atoms with Crippen molar-refractivity contribution in [3.63, 3.8) is 0 Å². The van der Waals surface area contributed by atoms with E-state index in [9.17, 15) is 0 Å². The topological polar surface area (TPSA) is 7.76 Å². The number of aromatic nitrogens is 2. The summed E-state index contributed by atoms with van der Waals surface area (Å²) in [4.78, 5) is 0. The Bertz CT molecular complexity index is 1780. The Labute approximate surface area is 258 Å². The fourth-order valence-corrected chi connectivity index (χ4v) is 8.14. The minimum Gasteiger partial charge on any atom is -0.327 e. The Morgan fingerprint density at radius 1 is 0.605 bits per heavy atom. The van der Waals surface area contributed by atoms with Crippen molar-refractivity contribution in [1.29, 1.82) is 0 Å². The van der Waals surface area contributed by atoms with Crippen molar-refractivity contribution in [1.82, 2.24) is 0 Å². The van der Waals surface area contributed by atoms with E-state index in [1.165, 1.54) is 102 Å². The van der Waals surface area contributed by atoms with Gasteiger partial charge in [0.1, 0.15) is 0 Å². The lowest BCUT2D eigenvalue weighted by Gasteiger charge is -2.31. The van der Waals surface area contributed by atoms with Crippen molar-refractivity contribution < 1.29 is 9.13 Å². The molecule has 0 aliphatic carbocycles. The summed E-state index contributed by atoms with van der Waals surface area (Å²) < 4.78 is 5.10. The first-order valence-corrected chi connectivity index (χ1v) is 17.1. The standard InChI is InChI=1S/C41H47N2/c1-3-5-6-7-8-9-10-11-21-35-34(16-4-2)36-24-28-42-26-22-30-17-12-14-19-32(30)40(42)38(36)39-37(35)25-29-43-27-23-31-18-13-15-20-33(31)41(39)43/h4,12-15,17-20,22-23,26-27H,3,5-11,16,21,24-25,28-29H2,1-2H3/q+1. The van der Waals surface area contributed by atoms with Crippen LogP contribution in [0.25, 0.3) is 44.1 Å². The zero-order chi connectivity index (χ0) is 29.2. The van der Waals surface area contributed by atoms with Crippen LogP contribution in [0.2, 0.25) is 0 Å². The molecule has 7 rings (SSSR count). The quantitative estimate of drug-likeness (QED) is 0.0853. The normalized spacial score (nSPS) is 13.5. The van der Waals surface area contributed by atoms with Gasteiger partial charge in [-0.15, -0.1) is 0 Å². The first kappa shape index (κ1) is 28.3. The minimum absolute atomic E-state index is 1.05. The summed E-state index contributed by atoms with van der Waals surface area (Å²) in [5.74, 6) is 0. The highest BCUT2D eigenvalue weighted by Crippen LogP contribution is 2.47. The molecule has 220 valence electrons. The van der Waals surface area contributed by atoms with Gasteiger partial charge in [0.2, 0.25) is 11.4 Å². The summed E-state index contributed by atoms with van der Waals surface area (Å²) >= 11 is 0. The van der Waals surface area contributed by atoms with Crippen molar-refractivity contribution in [3.05, 3.63) is 102 Å². The molecule has 0 bridgehead atoms. The third kappa shape index (κ3) is 5.17. The number of fused-ring (bicyclic) bond motifs is 11. The Balaban J connectivity index is 1.43. The second-order valence-corrected chi connectivity index (χ2v) is 12.9. The summed E-state index contributed by atoms with van der Waals surface area (Å²) in [5, 5.41) is 5.45. The fraction of sp³-hybridized carbons (Fsp3) is 0.390. The Hall–Kier alpha value is -3.52. The van der Waals surface area contributed by atoms with Crippen LogP contribution in [0, 0.1) is 6.42 Å². The van der Waals surface area contributed by atoms with Crippen molar-refractivity contribution >= 4 is 21.5 Å². The third-order valence-corrected chi connectivity index (χ3v) is 10.2. The molecule has 2 aliphatic rings. The van der Waals surface area contributed by atoms with Gasteiger partial charge >= 0.3 is 0 Å². The molecule has 2 aromatic heterocycles. The van der Waals surface area contributed by atoms with Crippen LogP contribution in [0.4, 0.5) is 0 Å². The lowest BCUT2D eigenvalue weighted by atomic mass is 9.75. The highest BCUT2D eigenvalue weighted by atomic mass is 15.0. The van der Waals surface area contributed by atoms with Crippen LogP contribution < -0.4 is 9.13 Å². The molecule has 0 unspecified atom stereocenters. The molecule has 0 amide bonds. The predicted octanol–water partition coefficient (Wildman–Crippen LogP) is 9.46. The molecule has 0 spiro atoms. The molecular weight excluding hydrogens is 520 g/mol. The van der Waals surface area contributed by atoms with Gasteiger partial charge in [0.25, 0.3) is 0 Å². The lowest BCUT2D eigenvalue weighted by Crippen LogP contribution is -2.44. The van der Waals surface area contributed by atoms with Gasteiger partial charge in [0.05, 0.1) is 21.9 Å². The first-order chi connectivity index (χ1) is 21.3. The average Bonchev–Trinajstić information content (AvgIpc) is 3.06. The van der Waals surface area contributed by atoms with Crippen LogP contribution >= 0.6 is 0 Å². The molecule has 2 heteroatoms. The monoisotopic (exact) mass is 567 g/mol. The Kier molecular flexibility index (Phi) is 8.29. The SMILES string of the molecule is C[CH-]Cc1c(CCCCCCCCCC)c2c(c3c1CC[n+]1ccc4ccccc4c1-3)-c1c3ccccc3cc[n+]1CC2. The molecule has 43 heavy (non-hydrogen) atoms. The van der Waals surface area contributed by atoms with Crippen LogP contribution in [0.1, 0.15) is 87.5 Å². The van der Waals surface area contributed by atoms with E-state index < -0.39 is 0 Å². The first-order valence-electron chi connectivity index (χ1n) is 17.1. The summed E-state index contributed by atoms with van der Waals surface area (Å²) in [7, 11) is 0. The highest BCUT2D eigenvalue weighted by molar-refractivity contribution is 6.03. The van der Waals surface area contributed by atoms with E-state index in [0.717, 1.165) is 32.4 Å². The average molecular weight is 568 g/mol. The Morgan fingerprint density at radius 3 is 1.67 bits per heavy atom. The molecule has 0 radical (unpaired) electrons. The molecular formula is C41H47N2+. The second-order valence-electron chi connectivity index (χ2n) is 12.9. The van der Waals surface area contributed by atoms with Gasteiger partial charge in [-0.2, -0.15) is 22.5 Å². The minimum atomic E-state index is 1.05. The third-order valence-electron chi connectivity index (χ3n) is 10.2. The number of hydrogen-bond donors (Lipinski definition) is 0. The molecule has 4 heterocycles. The molecule has 0 N–H and O–H groups in total. The van der Waals surface area contributed by atoms with Gasteiger partial charge in [-0.1, -0.05) is 93.8 Å². The number of pyridine rings is 2. The van der Waals surface area contributed by atoms with Crippen LogP contribution in [0.5, 0.6) is 0 Å². The zero-order valence-corrected chi connectivity index (χ0v) is 26.3. The van der Waals surface area contributed by atoms with Gasteiger partial charge in [-0.05, 0) is 52.4 Å². The lowest BCUT2D eigenvalue weighted by molar-refractivity contribution is -0.688. The van der Waals surface area contributed by atoms with Gasteiger partial charge in [0.15, 0.2) is 25.5 Å². The maximum Gasteiger partial charge on any atom is 0.221 e. The second kappa shape index (κ2) is 12.6. The van der Waals surface area contributed by atoms with Gasteiger partial charge in [-0.25, -0.2) is 0 Å². The maximum absolute atomic E-state index is 2.56. The van der Waals surface area contributed by atoms with Crippen LogP contribution in [-0.2, 0) is 38.8 Å². The van der Waals surface area contributed by atoms with E-state index in [4.69, 9.17) is 0 Å². The van der Waals surface area contributed by atoms with E-state index >= 15 is 0 Å². The summed E-state index contributed by atoms with van der Waals surface area (Å²) in [5.41, 5.74) is 12.5. The smallest absolute Gasteiger partial charge is 0.221 e. The highest BCUT2D eigenvalue weighted by Gasteiger charge is 2.38. The van der Waals surface area contributed by atoms with Crippen LogP contribution in [0.15, 0.2) is 73.1 Å². The predicted molar refractivity (Wildman–Crippen MR) is 180 cm³/mol. The van der Waals surface area contributed by atoms with E-state index in [1.807, 2.05) is 0 Å². The van der Waals surface area contributed by atoms with Crippen LogP contribution in [0.3, 0.4) is 0 Å². The maximum atomic E-state index is 2.56. The number of unbranched alkanes of at least 4 members (excludes halogenated alkanes) is 7. The molecule has 0 saturated heterocycles. The number of rotatable bonds is 11. The molecule has 0 fully saturated rings. The number of aryl methyl sites for hydroxylation is 2. The molecule has 0 saturated carbocycles. The number of nitrogens with zero attached hydrogens (tertiary/aromatic N) is 2. The molecule has 2 nitrogen and oxygen atoms in total. The van der Waals surface area contributed by atoms with Crippen molar-refractivity contribution in [2.75, 3.05) is 0 Å². The zero-order valence-electron chi connectivity index (χ0n) is 26.3. The number of hydrogen-bond acceptors (Lipinski definition) is 0. The molecule has 0 atom stereocenters. The van der Waals surface area contributed by atoms with Crippen molar-refractivity contribution in [3.8, 4) is 22.5 Å². The van der Waals surface area contributed by atoms with Crippen LogP contribution in [-0.4, -0.2) is 0 Å². The van der Waals surface area contributed by atoms with E-state index in [1.54, 1.807) is 22.3 Å². The summed E-state index contributed by atoms with van der Waals surface area (Å²) in [6, 6.07) is 22.7. The fourth-order valence-electron chi connectivity index (χ4n) is 8.14. The van der Waals surface area contributed by atoms with Gasteiger partial charge in [0, 0.05) is 25.0 Å². The largest absolute Gasteiger partial charge is 0.327 e. The molecule has 3 aromatic carbocycles. The van der Waals surface area contributed by atoms with E-state index in [0.29, 0.717) is 0 Å². The van der Waals surface area contributed by atoms with Gasteiger partial charge < -0.3 is 6.42 Å².